The number of hydrogen-bond donors (Lipinski definition) is 1. The Morgan fingerprint density at radius 1 is 1.11 bits per heavy atom. The van der Waals surface area contributed by atoms with Gasteiger partial charge in [0.1, 0.15) is 5.82 Å². The van der Waals surface area contributed by atoms with Crippen LogP contribution >= 0.6 is 11.8 Å². The third kappa shape index (κ3) is 4.69. The minimum Gasteiger partial charge on any atom is -0.411 e. The molecule has 146 valence electrons. The van der Waals surface area contributed by atoms with E-state index in [1.807, 2.05) is 0 Å². The molecule has 0 bridgehead atoms. The lowest BCUT2D eigenvalue weighted by molar-refractivity contribution is -0.137. The molecule has 1 atom stereocenters. The third-order valence-electron chi connectivity index (χ3n) is 3.64. The second kappa shape index (κ2) is 8.01. The van der Waals surface area contributed by atoms with E-state index in [1.165, 1.54) is 30.3 Å². The number of nitrogens with one attached hydrogen (secondary N) is 1. The number of halogens is 4. The largest absolute Gasteiger partial charge is 0.416 e. The van der Waals surface area contributed by atoms with E-state index >= 15 is 0 Å². The van der Waals surface area contributed by atoms with Gasteiger partial charge in [0.2, 0.25) is 5.91 Å². The SMILES string of the molecule is C[C@H](Sc1nnc(-c2ccccc2F)o1)C(=O)Nc1ccc(C(F)(F)F)cc1. The molecule has 5 nitrogen and oxygen atoms in total. The van der Waals surface area contributed by atoms with Gasteiger partial charge in [-0.2, -0.15) is 13.2 Å². The van der Waals surface area contributed by atoms with Gasteiger partial charge in [0.15, 0.2) is 0 Å². The zero-order valence-electron chi connectivity index (χ0n) is 14.3. The molecule has 28 heavy (non-hydrogen) atoms. The summed E-state index contributed by atoms with van der Waals surface area (Å²) in [6.07, 6.45) is -4.44. The van der Waals surface area contributed by atoms with E-state index in [0.29, 0.717) is 0 Å². The number of carbonyl (C=O) groups excluding carboxylic acids is 1. The lowest BCUT2D eigenvalue weighted by Crippen LogP contribution is -2.22. The highest BCUT2D eigenvalue weighted by molar-refractivity contribution is 8.00. The van der Waals surface area contributed by atoms with Crippen molar-refractivity contribution >= 4 is 23.4 Å². The molecule has 3 aromatic rings. The fraction of sp³-hybridized carbons (Fsp3) is 0.167. The Kier molecular flexibility index (Phi) is 5.68. The molecule has 1 heterocycles. The van der Waals surface area contributed by atoms with Crippen molar-refractivity contribution in [3.63, 3.8) is 0 Å². The van der Waals surface area contributed by atoms with Crippen LogP contribution in [0.2, 0.25) is 0 Å². The van der Waals surface area contributed by atoms with Crippen molar-refractivity contribution in [1.29, 1.82) is 0 Å². The van der Waals surface area contributed by atoms with Crippen LogP contribution in [0.4, 0.5) is 23.2 Å². The maximum Gasteiger partial charge on any atom is 0.416 e. The molecule has 1 amide bonds. The number of alkyl halides is 3. The van der Waals surface area contributed by atoms with E-state index in [-0.39, 0.29) is 22.4 Å². The molecule has 0 spiro atoms. The molecule has 2 aromatic carbocycles. The first-order chi connectivity index (χ1) is 13.2. The van der Waals surface area contributed by atoms with Gasteiger partial charge in [-0.15, -0.1) is 10.2 Å². The van der Waals surface area contributed by atoms with Crippen molar-refractivity contribution < 1.29 is 26.8 Å². The molecule has 0 radical (unpaired) electrons. The molecule has 1 N–H and O–H groups in total. The summed E-state index contributed by atoms with van der Waals surface area (Å²) < 4.78 is 56.8. The maximum absolute atomic E-state index is 13.8. The number of rotatable bonds is 5. The molecule has 0 saturated carbocycles. The monoisotopic (exact) mass is 411 g/mol. The maximum atomic E-state index is 13.8. The van der Waals surface area contributed by atoms with Crippen LogP contribution in [0.5, 0.6) is 0 Å². The van der Waals surface area contributed by atoms with Gasteiger partial charge in [0.25, 0.3) is 11.1 Å². The van der Waals surface area contributed by atoms with Crippen LogP contribution in [-0.4, -0.2) is 21.4 Å². The zero-order chi connectivity index (χ0) is 20.3. The van der Waals surface area contributed by atoms with Crippen molar-refractivity contribution in [2.24, 2.45) is 0 Å². The summed E-state index contributed by atoms with van der Waals surface area (Å²) in [5.41, 5.74) is -0.439. The minimum absolute atomic E-state index is 0.0176. The van der Waals surface area contributed by atoms with Crippen LogP contribution in [0.1, 0.15) is 12.5 Å². The standard InChI is InChI=1S/C18H13F4N3O2S/c1-10(15(26)23-12-8-6-11(7-9-12)18(20,21)22)28-17-25-24-16(27-17)13-4-2-3-5-14(13)19/h2-10H,1H3,(H,23,26)/t10-/m0/s1. The van der Waals surface area contributed by atoms with Gasteiger partial charge >= 0.3 is 6.18 Å². The predicted octanol–water partition coefficient (Wildman–Crippen LogP) is 5.01. The molecule has 0 aliphatic rings. The van der Waals surface area contributed by atoms with Crippen molar-refractivity contribution in [3.05, 3.63) is 59.9 Å². The summed E-state index contributed by atoms with van der Waals surface area (Å²) in [5.74, 6) is -0.998. The second-order valence-corrected chi connectivity index (χ2v) is 6.97. The molecule has 0 aliphatic heterocycles. The highest BCUT2D eigenvalue weighted by Crippen LogP contribution is 2.30. The summed E-state index contributed by atoms with van der Waals surface area (Å²) in [5, 5.41) is 9.43. The van der Waals surface area contributed by atoms with Crippen LogP contribution < -0.4 is 5.32 Å². The van der Waals surface area contributed by atoms with Crippen LogP contribution in [0, 0.1) is 5.82 Å². The van der Waals surface area contributed by atoms with Crippen LogP contribution in [0.25, 0.3) is 11.5 Å². The summed E-state index contributed by atoms with van der Waals surface area (Å²) in [4.78, 5) is 12.2. The predicted molar refractivity (Wildman–Crippen MR) is 95.1 cm³/mol. The Bertz CT molecular complexity index is 973. The average Bonchev–Trinajstić information content (AvgIpc) is 3.10. The quantitative estimate of drug-likeness (QED) is 0.472. The smallest absolute Gasteiger partial charge is 0.411 e. The second-order valence-electron chi connectivity index (χ2n) is 5.68. The molecule has 1 aromatic heterocycles. The van der Waals surface area contributed by atoms with Gasteiger partial charge in [-0.3, -0.25) is 4.79 Å². The van der Waals surface area contributed by atoms with Crippen molar-refractivity contribution in [3.8, 4) is 11.5 Å². The number of carbonyl (C=O) groups is 1. The highest BCUT2D eigenvalue weighted by Gasteiger charge is 2.30. The Labute approximate surface area is 161 Å². The van der Waals surface area contributed by atoms with E-state index in [9.17, 15) is 22.4 Å². The van der Waals surface area contributed by atoms with Crippen LogP contribution in [-0.2, 0) is 11.0 Å². The molecule has 0 saturated heterocycles. The number of amides is 1. The molecule has 0 fully saturated rings. The summed E-state index contributed by atoms with van der Waals surface area (Å²) in [6, 6.07) is 9.99. The molecular formula is C18H13F4N3O2S. The van der Waals surface area contributed by atoms with E-state index < -0.39 is 28.7 Å². The number of hydrogen-bond acceptors (Lipinski definition) is 5. The molecular weight excluding hydrogens is 398 g/mol. The number of aromatic nitrogens is 2. The zero-order valence-corrected chi connectivity index (χ0v) is 15.1. The van der Waals surface area contributed by atoms with Crippen molar-refractivity contribution in [2.45, 2.75) is 23.6 Å². The Hall–Kier alpha value is -2.88. The van der Waals surface area contributed by atoms with Crippen LogP contribution in [0.3, 0.4) is 0 Å². The summed E-state index contributed by atoms with van der Waals surface area (Å²) >= 11 is 0.945. The Morgan fingerprint density at radius 2 is 1.79 bits per heavy atom. The van der Waals surface area contributed by atoms with Gasteiger partial charge < -0.3 is 9.73 Å². The lowest BCUT2D eigenvalue weighted by atomic mass is 10.2. The Morgan fingerprint density at radius 3 is 2.43 bits per heavy atom. The van der Waals surface area contributed by atoms with Gasteiger partial charge in [-0.05, 0) is 43.3 Å². The first-order valence-corrected chi connectivity index (χ1v) is 8.85. The van der Waals surface area contributed by atoms with Gasteiger partial charge in [0, 0.05) is 5.69 Å². The van der Waals surface area contributed by atoms with E-state index in [0.717, 1.165) is 23.9 Å². The highest BCUT2D eigenvalue weighted by atomic mass is 32.2. The minimum atomic E-state index is -4.44. The number of benzene rings is 2. The van der Waals surface area contributed by atoms with Crippen molar-refractivity contribution in [2.75, 3.05) is 5.32 Å². The summed E-state index contributed by atoms with van der Waals surface area (Å²) in [7, 11) is 0. The van der Waals surface area contributed by atoms with E-state index in [4.69, 9.17) is 4.42 Å². The van der Waals surface area contributed by atoms with E-state index in [2.05, 4.69) is 15.5 Å². The first kappa shape index (κ1) is 19.9. The average molecular weight is 411 g/mol. The van der Waals surface area contributed by atoms with Gasteiger partial charge in [-0.1, -0.05) is 23.9 Å². The number of nitrogens with zero attached hydrogens (tertiary/aromatic N) is 2. The normalized spacial score (nSPS) is 12.6. The van der Waals surface area contributed by atoms with Crippen LogP contribution in [0.15, 0.2) is 58.2 Å². The molecule has 10 heteroatoms. The number of anilines is 1. The number of thioether (sulfide) groups is 1. The van der Waals surface area contributed by atoms with Gasteiger partial charge in [-0.25, -0.2) is 4.39 Å². The molecule has 0 aliphatic carbocycles. The van der Waals surface area contributed by atoms with Gasteiger partial charge in [0.05, 0.1) is 16.4 Å². The fourth-order valence-corrected chi connectivity index (χ4v) is 2.88. The van der Waals surface area contributed by atoms with E-state index in [1.54, 1.807) is 13.0 Å². The molecule has 3 rings (SSSR count). The fourth-order valence-electron chi connectivity index (χ4n) is 2.19. The summed E-state index contributed by atoms with van der Waals surface area (Å²) in [6.45, 7) is 1.57. The molecule has 0 unspecified atom stereocenters. The topological polar surface area (TPSA) is 68.0 Å². The lowest BCUT2D eigenvalue weighted by Gasteiger charge is -2.11. The third-order valence-corrected chi connectivity index (χ3v) is 4.57. The first-order valence-electron chi connectivity index (χ1n) is 7.97. The van der Waals surface area contributed by atoms with Crippen molar-refractivity contribution in [1.82, 2.24) is 10.2 Å². The Balaban J connectivity index is 1.63.